The Kier molecular flexibility index (Phi) is 6.09. The molecule has 2 aromatic rings. The van der Waals surface area contributed by atoms with E-state index in [2.05, 4.69) is 5.32 Å². The van der Waals surface area contributed by atoms with E-state index in [1.54, 1.807) is 42.5 Å². The van der Waals surface area contributed by atoms with E-state index in [1.165, 1.54) is 14.0 Å². The maximum absolute atomic E-state index is 12.6. The summed E-state index contributed by atoms with van der Waals surface area (Å²) in [6.07, 6.45) is 0.757. The van der Waals surface area contributed by atoms with Crippen LogP contribution in [0.4, 0.5) is 0 Å². The standard InChI is InChI=1S/C22H23NO5/c1-14(24)16-8-11-19(27-2)17(12-16)13-20(25)28-21(15-6-4-3-5-7-15)22(26)23-18-9-10-18/h3-8,11-12,18,21H,9-10,13H2,1-2H3,(H,23,26)/t21-/m0/s1. The second-order valence-corrected chi connectivity index (χ2v) is 6.82. The first kappa shape index (κ1) is 19.6. The summed E-state index contributed by atoms with van der Waals surface area (Å²) in [6.45, 7) is 1.46. The van der Waals surface area contributed by atoms with Gasteiger partial charge >= 0.3 is 5.97 Å². The van der Waals surface area contributed by atoms with Gasteiger partial charge in [-0.15, -0.1) is 0 Å². The van der Waals surface area contributed by atoms with E-state index in [4.69, 9.17) is 9.47 Å². The Morgan fingerprint density at radius 1 is 1.11 bits per heavy atom. The topological polar surface area (TPSA) is 81.7 Å². The van der Waals surface area contributed by atoms with Gasteiger partial charge in [0.2, 0.25) is 6.10 Å². The molecule has 1 atom stereocenters. The Hall–Kier alpha value is -3.15. The smallest absolute Gasteiger partial charge is 0.311 e. The summed E-state index contributed by atoms with van der Waals surface area (Å²) in [5.74, 6) is -0.519. The second-order valence-electron chi connectivity index (χ2n) is 6.82. The second kappa shape index (κ2) is 8.69. The number of hydrogen-bond donors (Lipinski definition) is 1. The fraction of sp³-hybridized carbons (Fsp3) is 0.318. The molecule has 2 aromatic carbocycles. The Morgan fingerprint density at radius 3 is 2.43 bits per heavy atom. The van der Waals surface area contributed by atoms with Gasteiger partial charge in [0.25, 0.3) is 5.91 Å². The number of esters is 1. The molecule has 6 nitrogen and oxygen atoms in total. The molecule has 1 saturated carbocycles. The Morgan fingerprint density at radius 2 is 1.82 bits per heavy atom. The van der Waals surface area contributed by atoms with Crippen molar-refractivity contribution < 1.29 is 23.9 Å². The van der Waals surface area contributed by atoms with E-state index in [0.29, 0.717) is 22.4 Å². The number of ether oxygens (including phenoxy) is 2. The minimum atomic E-state index is -1.02. The van der Waals surface area contributed by atoms with Crippen molar-refractivity contribution in [1.29, 1.82) is 0 Å². The zero-order valence-electron chi connectivity index (χ0n) is 15.9. The van der Waals surface area contributed by atoms with Crippen LogP contribution >= 0.6 is 0 Å². The van der Waals surface area contributed by atoms with Gasteiger partial charge in [-0.25, -0.2) is 0 Å². The van der Waals surface area contributed by atoms with Crippen molar-refractivity contribution in [2.45, 2.75) is 38.3 Å². The maximum atomic E-state index is 12.6. The molecular weight excluding hydrogens is 358 g/mol. The van der Waals surface area contributed by atoms with Gasteiger partial charge in [0.1, 0.15) is 5.75 Å². The summed E-state index contributed by atoms with van der Waals surface area (Å²) < 4.78 is 10.8. The average Bonchev–Trinajstić information content (AvgIpc) is 3.50. The van der Waals surface area contributed by atoms with Crippen molar-refractivity contribution in [1.82, 2.24) is 5.32 Å². The zero-order valence-corrected chi connectivity index (χ0v) is 15.9. The third-order valence-corrected chi connectivity index (χ3v) is 4.54. The van der Waals surface area contributed by atoms with Gasteiger partial charge in [0.15, 0.2) is 5.78 Å². The first-order valence-electron chi connectivity index (χ1n) is 9.20. The van der Waals surface area contributed by atoms with Crippen molar-refractivity contribution in [3.8, 4) is 5.75 Å². The number of methoxy groups -OCH3 is 1. The number of rotatable bonds is 8. The minimum Gasteiger partial charge on any atom is -0.496 e. The number of hydrogen-bond acceptors (Lipinski definition) is 5. The first-order valence-corrected chi connectivity index (χ1v) is 9.20. The Balaban J connectivity index is 1.77. The number of amides is 1. The van der Waals surface area contributed by atoms with Gasteiger partial charge < -0.3 is 14.8 Å². The normalized spacial score (nSPS) is 14.1. The van der Waals surface area contributed by atoms with Gasteiger partial charge in [-0.1, -0.05) is 30.3 Å². The van der Waals surface area contributed by atoms with E-state index >= 15 is 0 Å². The average molecular weight is 381 g/mol. The number of carbonyl (C=O) groups excluding carboxylic acids is 3. The zero-order chi connectivity index (χ0) is 20.1. The molecule has 146 valence electrons. The number of nitrogens with one attached hydrogen (secondary N) is 1. The molecule has 0 bridgehead atoms. The third-order valence-electron chi connectivity index (χ3n) is 4.54. The van der Waals surface area contributed by atoms with Gasteiger partial charge in [-0.05, 0) is 38.0 Å². The van der Waals surface area contributed by atoms with Crippen LogP contribution in [0.15, 0.2) is 48.5 Å². The molecule has 0 aromatic heterocycles. The number of Topliss-reactive ketones (excluding diaryl/α,β-unsaturated/α-hetero) is 1. The van der Waals surface area contributed by atoms with Gasteiger partial charge in [-0.2, -0.15) is 0 Å². The third kappa shape index (κ3) is 4.97. The van der Waals surface area contributed by atoms with Crippen LogP contribution in [0.2, 0.25) is 0 Å². The number of benzene rings is 2. The lowest BCUT2D eigenvalue weighted by Crippen LogP contribution is -2.33. The first-order chi connectivity index (χ1) is 13.5. The Bertz CT molecular complexity index is 874. The Labute approximate surface area is 163 Å². The number of ketones is 1. The minimum absolute atomic E-state index is 0.107. The van der Waals surface area contributed by atoms with Crippen molar-refractivity contribution in [2.75, 3.05) is 7.11 Å². The molecule has 0 heterocycles. The van der Waals surface area contributed by atoms with Gasteiger partial charge in [0, 0.05) is 22.7 Å². The van der Waals surface area contributed by atoms with Crippen molar-refractivity contribution in [3.05, 3.63) is 65.2 Å². The van der Waals surface area contributed by atoms with Crippen LogP contribution in [0.5, 0.6) is 5.75 Å². The van der Waals surface area contributed by atoms with Crippen LogP contribution in [-0.4, -0.2) is 30.8 Å². The van der Waals surface area contributed by atoms with Crippen molar-refractivity contribution in [3.63, 3.8) is 0 Å². The number of carbonyl (C=O) groups is 3. The molecule has 0 spiro atoms. The highest BCUT2D eigenvalue weighted by atomic mass is 16.5. The van der Waals surface area contributed by atoms with Crippen molar-refractivity contribution in [2.24, 2.45) is 0 Å². The monoisotopic (exact) mass is 381 g/mol. The predicted molar refractivity (Wildman–Crippen MR) is 103 cm³/mol. The highest BCUT2D eigenvalue weighted by Crippen LogP contribution is 2.25. The van der Waals surface area contributed by atoms with Crippen LogP contribution in [0, 0.1) is 0 Å². The van der Waals surface area contributed by atoms with E-state index in [-0.39, 0.29) is 24.2 Å². The summed E-state index contributed by atoms with van der Waals surface area (Å²) in [5.41, 5.74) is 1.63. The molecule has 1 aliphatic rings. The molecule has 1 aliphatic carbocycles. The molecule has 0 radical (unpaired) electrons. The van der Waals surface area contributed by atoms with Crippen LogP contribution in [0.3, 0.4) is 0 Å². The summed E-state index contributed by atoms with van der Waals surface area (Å²) in [7, 11) is 1.49. The van der Waals surface area contributed by atoms with Crippen molar-refractivity contribution >= 4 is 17.7 Å². The highest BCUT2D eigenvalue weighted by Gasteiger charge is 2.31. The summed E-state index contributed by atoms with van der Waals surface area (Å²) >= 11 is 0. The van der Waals surface area contributed by atoms with Gasteiger partial charge in [-0.3, -0.25) is 14.4 Å². The molecule has 6 heteroatoms. The SMILES string of the molecule is COc1ccc(C(C)=O)cc1CC(=O)O[C@H](C(=O)NC1CC1)c1ccccc1. The summed E-state index contributed by atoms with van der Waals surface area (Å²) in [6, 6.07) is 14.0. The quantitative estimate of drug-likeness (QED) is 0.562. The molecule has 28 heavy (non-hydrogen) atoms. The van der Waals surface area contributed by atoms with Crippen LogP contribution in [0.1, 0.15) is 47.4 Å². The molecule has 0 saturated heterocycles. The van der Waals surface area contributed by atoms with E-state index < -0.39 is 12.1 Å². The predicted octanol–water partition coefficient (Wildman–Crippen LogP) is 3.00. The molecule has 0 aliphatic heterocycles. The lowest BCUT2D eigenvalue weighted by atomic mass is 10.0. The van der Waals surface area contributed by atoms with E-state index in [1.807, 2.05) is 6.07 Å². The van der Waals surface area contributed by atoms with E-state index in [0.717, 1.165) is 12.8 Å². The fourth-order valence-electron chi connectivity index (χ4n) is 2.87. The lowest BCUT2D eigenvalue weighted by molar-refractivity contribution is -0.156. The maximum Gasteiger partial charge on any atom is 0.311 e. The molecular formula is C22H23NO5. The lowest BCUT2D eigenvalue weighted by Gasteiger charge is -2.18. The van der Waals surface area contributed by atoms with Crippen LogP contribution in [0.25, 0.3) is 0 Å². The van der Waals surface area contributed by atoms with Crippen LogP contribution in [-0.2, 0) is 20.7 Å². The molecule has 0 unspecified atom stereocenters. The van der Waals surface area contributed by atoms with E-state index in [9.17, 15) is 14.4 Å². The molecule has 1 fully saturated rings. The largest absolute Gasteiger partial charge is 0.496 e. The molecule has 3 rings (SSSR count). The molecule has 1 amide bonds. The van der Waals surface area contributed by atoms with Gasteiger partial charge in [0.05, 0.1) is 13.5 Å². The summed E-state index contributed by atoms with van der Waals surface area (Å²) in [4.78, 5) is 36.8. The fourth-order valence-corrected chi connectivity index (χ4v) is 2.87. The highest BCUT2D eigenvalue weighted by molar-refractivity contribution is 5.94. The molecule has 1 N–H and O–H groups in total. The van der Waals surface area contributed by atoms with Crippen LogP contribution < -0.4 is 10.1 Å². The summed E-state index contributed by atoms with van der Waals surface area (Å²) in [5, 5.41) is 2.88.